The zero-order valence-corrected chi connectivity index (χ0v) is 11.7. The Balaban J connectivity index is 1.99. The summed E-state index contributed by atoms with van der Waals surface area (Å²) in [6.07, 6.45) is 1.97. The van der Waals surface area contributed by atoms with Crippen LogP contribution in [0.3, 0.4) is 0 Å². The van der Waals surface area contributed by atoms with Gasteiger partial charge in [-0.15, -0.1) is 0 Å². The molecule has 0 amide bonds. The second-order valence-corrected chi connectivity index (χ2v) is 5.03. The first-order chi connectivity index (χ1) is 9.06. The van der Waals surface area contributed by atoms with Crippen molar-refractivity contribution >= 4 is 0 Å². The molecule has 1 atom stereocenters. The minimum atomic E-state index is 0.0173. The van der Waals surface area contributed by atoms with Gasteiger partial charge in [0.05, 0.1) is 5.69 Å². The van der Waals surface area contributed by atoms with Crippen molar-refractivity contribution in [2.45, 2.75) is 39.5 Å². The van der Waals surface area contributed by atoms with E-state index in [9.17, 15) is 0 Å². The Morgan fingerprint density at radius 3 is 2.68 bits per heavy atom. The van der Waals surface area contributed by atoms with Crippen LogP contribution in [0.5, 0.6) is 5.75 Å². The third kappa shape index (κ3) is 3.58. The van der Waals surface area contributed by atoms with E-state index in [0.29, 0.717) is 12.6 Å². The van der Waals surface area contributed by atoms with Crippen LogP contribution in [0, 0.1) is 0 Å². The molecule has 0 fully saturated rings. The zero-order valence-electron chi connectivity index (χ0n) is 11.7. The summed E-state index contributed by atoms with van der Waals surface area (Å²) in [4.78, 5) is 0. The molecular formula is C15H21N3O. The summed E-state index contributed by atoms with van der Waals surface area (Å²) in [5.41, 5.74) is 7.86. The van der Waals surface area contributed by atoms with E-state index in [1.807, 2.05) is 48.1 Å². The maximum absolute atomic E-state index is 5.86. The molecular weight excluding hydrogens is 238 g/mol. The fourth-order valence-electron chi connectivity index (χ4n) is 1.79. The molecule has 1 aromatic heterocycles. The van der Waals surface area contributed by atoms with Crippen molar-refractivity contribution in [3.63, 3.8) is 0 Å². The predicted octanol–water partition coefficient (Wildman–Crippen LogP) is 3.06. The van der Waals surface area contributed by atoms with E-state index in [0.717, 1.165) is 17.0 Å². The van der Waals surface area contributed by atoms with Gasteiger partial charge in [-0.3, -0.25) is 4.68 Å². The summed E-state index contributed by atoms with van der Waals surface area (Å²) < 4.78 is 7.67. The predicted molar refractivity (Wildman–Crippen MR) is 76.0 cm³/mol. The van der Waals surface area contributed by atoms with E-state index >= 15 is 0 Å². The minimum absolute atomic E-state index is 0.0173. The van der Waals surface area contributed by atoms with Gasteiger partial charge in [-0.2, -0.15) is 5.10 Å². The largest absolute Gasteiger partial charge is 0.487 e. The molecule has 102 valence electrons. The van der Waals surface area contributed by atoms with Crippen molar-refractivity contribution in [2.75, 3.05) is 0 Å². The Morgan fingerprint density at radius 1 is 1.26 bits per heavy atom. The standard InChI is InChI=1S/C15H21N3O/c1-11(2)18-8-7-14(17-18)10-19-15-6-4-5-13(9-15)12(3)16/h4-9,11-12H,10,16H2,1-3H3/t12-/m1/s1. The van der Waals surface area contributed by atoms with E-state index < -0.39 is 0 Å². The summed E-state index contributed by atoms with van der Waals surface area (Å²) >= 11 is 0. The molecule has 4 nitrogen and oxygen atoms in total. The molecule has 0 bridgehead atoms. The number of hydrogen-bond donors (Lipinski definition) is 1. The molecule has 2 N–H and O–H groups in total. The summed E-state index contributed by atoms with van der Waals surface area (Å²) in [6, 6.07) is 10.2. The molecule has 0 aliphatic rings. The third-order valence-corrected chi connectivity index (χ3v) is 2.96. The van der Waals surface area contributed by atoms with Crippen LogP contribution in [0.1, 0.15) is 44.1 Å². The highest BCUT2D eigenvalue weighted by atomic mass is 16.5. The van der Waals surface area contributed by atoms with Gasteiger partial charge in [0.15, 0.2) is 0 Å². The summed E-state index contributed by atoms with van der Waals surface area (Å²) in [5, 5.41) is 4.45. The normalized spacial score (nSPS) is 12.7. The molecule has 19 heavy (non-hydrogen) atoms. The molecule has 0 radical (unpaired) electrons. The van der Waals surface area contributed by atoms with Crippen molar-refractivity contribution in [1.29, 1.82) is 0 Å². The quantitative estimate of drug-likeness (QED) is 0.897. The monoisotopic (exact) mass is 259 g/mol. The number of aromatic nitrogens is 2. The first kappa shape index (κ1) is 13.6. The lowest BCUT2D eigenvalue weighted by molar-refractivity contribution is 0.298. The SMILES string of the molecule is CC(C)n1ccc(COc2cccc([C@@H](C)N)c2)n1. The van der Waals surface area contributed by atoms with E-state index in [1.54, 1.807) is 0 Å². The topological polar surface area (TPSA) is 53.1 Å². The number of rotatable bonds is 5. The fraction of sp³-hybridized carbons (Fsp3) is 0.400. The van der Waals surface area contributed by atoms with Crippen molar-refractivity contribution in [3.05, 3.63) is 47.8 Å². The minimum Gasteiger partial charge on any atom is -0.487 e. The van der Waals surface area contributed by atoms with Gasteiger partial charge >= 0.3 is 0 Å². The Kier molecular flexibility index (Phi) is 4.22. The second kappa shape index (κ2) is 5.89. The van der Waals surface area contributed by atoms with Gasteiger partial charge in [0, 0.05) is 18.3 Å². The molecule has 0 unspecified atom stereocenters. The third-order valence-electron chi connectivity index (χ3n) is 2.96. The first-order valence-corrected chi connectivity index (χ1v) is 6.58. The van der Waals surface area contributed by atoms with E-state index in [1.165, 1.54) is 0 Å². The van der Waals surface area contributed by atoms with Crippen LogP contribution < -0.4 is 10.5 Å². The smallest absolute Gasteiger partial charge is 0.132 e. The Bertz CT molecular complexity index is 532. The van der Waals surface area contributed by atoms with E-state index in [4.69, 9.17) is 10.5 Å². The number of hydrogen-bond acceptors (Lipinski definition) is 3. The van der Waals surface area contributed by atoms with Crippen molar-refractivity contribution < 1.29 is 4.74 Å². The summed E-state index contributed by atoms with van der Waals surface area (Å²) in [7, 11) is 0. The average molecular weight is 259 g/mol. The summed E-state index contributed by atoms with van der Waals surface area (Å²) in [5.74, 6) is 0.828. The lowest BCUT2D eigenvalue weighted by Gasteiger charge is -2.09. The van der Waals surface area contributed by atoms with Gasteiger partial charge < -0.3 is 10.5 Å². The molecule has 0 aliphatic carbocycles. The van der Waals surface area contributed by atoms with Crippen LogP contribution in [-0.2, 0) is 6.61 Å². The van der Waals surface area contributed by atoms with Crippen molar-refractivity contribution in [2.24, 2.45) is 5.73 Å². The highest BCUT2D eigenvalue weighted by molar-refractivity contribution is 5.30. The van der Waals surface area contributed by atoms with Crippen molar-refractivity contribution in [1.82, 2.24) is 9.78 Å². The van der Waals surface area contributed by atoms with Crippen LogP contribution in [0.25, 0.3) is 0 Å². The molecule has 4 heteroatoms. The van der Waals surface area contributed by atoms with Gasteiger partial charge in [0.1, 0.15) is 12.4 Å². The Labute approximate surface area is 114 Å². The van der Waals surface area contributed by atoms with Gasteiger partial charge in [0.2, 0.25) is 0 Å². The van der Waals surface area contributed by atoms with Gasteiger partial charge in [0.25, 0.3) is 0 Å². The van der Waals surface area contributed by atoms with Crippen LogP contribution in [-0.4, -0.2) is 9.78 Å². The molecule has 2 rings (SSSR count). The molecule has 0 saturated heterocycles. The maximum atomic E-state index is 5.86. The summed E-state index contributed by atoms with van der Waals surface area (Å²) in [6.45, 7) is 6.64. The highest BCUT2D eigenvalue weighted by Crippen LogP contribution is 2.18. The molecule has 0 saturated carbocycles. The van der Waals surface area contributed by atoms with Crippen molar-refractivity contribution in [3.8, 4) is 5.75 Å². The van der Waals surface area contributed by atoms with Gasteiger partial charge in [-0.1, -0.05) is 12.1 Å². The Morgan fingerprint density at radius 2 is 2.05 bits per heavy atom. The molecule has 0 aliphatic heterocycles. The second-order valence-electron chi connectivity index (χ2n) is 5.03. The van der Waals surface area contributed by atoms with Crippen LogP contribution in [0.4, 0.5) is 0 Å². The average Bonchev–Trinajstić information content (AvgIpc) is 2.85. The molecule has 1 heterocycles. The van der Waals surface area contributed by atoms with E-state index in [-0.39, 0.29) is 6.04 Å². The lowest BCUT2D eigenvalue weighted by atomic mass is 10.1. The van der Waals surface area contributed by atoms with E-state index in [2.05, 4.69) is 18.9 Å². The van der Waals surface area contributed by atoms with Crippen LogP contribution >= 0.6 is 0 Å². The lowest BCUT2D eigenvalue weighted by Crippen LogP contribution is -2.05. The van der Waals surface area contributed by atoms with Gasteiger partial charge in [-0.05, 0) is 44.5 Å². The van der Waals surface area contributed by atoms with Crippen LogP contribution in [0.15, 0.2) is 36.5 Å². The Hall–Kier alpha value is -1.81. The fourth-order valence-corrected chi connectivity index (χ4v) is 1.79. The van der Waals surface area contributed by atoms with Gasteiger partial charge in [-0.25, -0.2) is 0 Å². The number of nitrogens with zero attached hydrogens (tertiary/aromatic N) is 2. The highest BCUT2D eigenvalue weighted by Gasteiger charge is 2.04. The number of ether oxygens (including phenoxy) is 1. The zero-order chi connectivity index (χ0) is 13.8. The molecule has 1 aromatic carbocycles. The molecule has 0 spiro atoms. The number of nitrogens with two attached hydrogens (primary N) is 1. The first-order valence-electron chi connectivity index (χ1n) is 6.58. The molecule has 2 aromatic rings. The van der Waals surface area contributed by atoms with Crippen LogP contribution in [0.2, 0.25) is 0 Å². The maximum Gasteiger partial charge on any atom is 0.132 e. The number of benzene rings is 1.